The first-order valence-corrected chi connectivity index (χ1v) is 8.43. The topological polar surface area (TPSA) is 38.9 Å². The van der Waals surface area contributed by atoms with Gasteiger partial charge in [-0.05, 0) is 24.5 Å². The van der Waals surface area contributed by atoms with Crippen LogP contribution in [0.1, 0.15) is 56.4 Å². The van der Waals surface area contributed by atoms with Gasteiger partial charge in [0.25, 0.3) is 0 Å². The van der Waals surface area contributed by atoms with Crippen molar-refractivity contribution in [2.75, 3.05) is 0 Å². The van der Waals surface area contributed by atoms with Gasteiger partial charge < -0.3 is 5.73 Å². The summed E-state index contributed by atoms with van der Waals surface area (Å²) in [4.78, 5) is 4.76. The molecule has 0 amide bonds. The third-order valence-corrected chi connectivity index (χ3v) is 4.71. The van der Waals surface area contributed by atoms with Gasteiger partial charge in [0.2, 0.25) is 0 Å². The highest BCUT2D eigenvalue weighted by Gasteiger charge is 2.25. The molecule has 0 bridgehead atoms. The molecule has 0 aliphatic heterocycles. The van der Waals surface area contributed by atoms with Gasteiger partial charge >= 0.3 is 0 Å². The Balaban J connectivity index is 2.18. The molecule has 2 rings (SSSR count). The fraction of sp³-hybridized carbons (Fsp3) is 0.500. The number of nitrogens with zero attached hydrogens (tertiary/aromatic N) is 1. The van der Waals surface area contributed by atoms with Crippen molar-refractivity contribution in [3.63, 3.8) is 0 Å². The van der Waals surface area contributed by atoms with Crippen LogP contribution < -0.4 is 5.73 Å². The lowest BCUT2D eigenvalue weighted by Gasteiger charge is -2.24. The first-order valence-electron chi connectivity index (χ1n) is 7.55. The number of thiazole rings is 1. The number of benzene rings is 1. The molecule has 2 nitrogen and oxygen atoms in total. The Labute approximate surface area is 132 Å². The van der Waals surface area contributed by atoms with Crippen LogP contribution in [0.25, 0.3) is 0 Å². The van der Waals surface area contributed by atoms with Gasteiger partial charge in [-0.1, -0.05) is 52.0 Å². The van der Waals surface area contributed by atoms with Gasteiger partial charge in [-0.15, -0.1) is 11.3 Å². The largest absolute Gasteiger partial charge is 0.321 e. The summed E-state index contributed by atoms with van der Waals surface area (Å²) < 4.78 is 0. The lowest BCUT2D eigenvalue weighted by Crippen LogP contribution is -2.35. The lowest BCUT2D eigenvalue weighted by molar-refractivity contribution is 0.486. The van der Waals surface area contributed by atoms with Gasteiger partial charge in [0.05, 0.1) is 10.7 Å². The molecule has 0 aliphatic rings. The highest BCUT2D eigenvalue weighted by atomic mass is 32.1. The minimum Gasteiger partial charge on any atom is -0.321 e. The van der Waals surface area contributed by atoms with Crippen LogP contribution in [-0.2, 0) is 23.8 Å². The second-order valence-corrected chi connectivity index (χ2v) is 7.96. The normalized spacial score (nSPS) is 15.0. The standard InChI is InChI=1S/C18H26N2S/c1-6-13-7-9-14(10-8-13)18(5,19)11-16-20-15(12-21-16)17(2,3)4/h7-10,12H,6,11,19H2,1-5H3. The Bertz CT molecular complexity index is 588. The Hall–Kier alpha value is -1.19. The molecule has 0 spiro atoms. The van der Waals surface area contributed by atoms with Crippen LogP contribution in [0.2, 0.25) is 0 Å². The number of aromatic nitrogens is 1. The summed E-state index contributed by atoms with van der Waals surface area (Å²) >= 11 is 1.71. The quantitative estimate of drug-likeness (QED) is 0.908. The van der Waals surface area contributed by atoms with E-state index in [2.05, 4.69) is 64.3 Å². The van der Waals surface area contributed by atoms with Gasteiger partial charge in [-0.25, -0.2) is 4.98 Å². The molecule has 0 aliphatic carbocycles. The van der Waals surface area contributed by atoms with E-state index in [1.807, 2.05) is 0 Å². The van der Waals surface area contributed by atoms with Crippen molar-refractivity contribution >= 4 is 11.3 Å². The molecule has 1 atom stereocenters. The summed E-state index contributed by atoms with van der Waals surface area (Å²) in [5, 5.41) is 3.27. The van der Waals surface area contributed by atoms with E-state index in [-0.39, 0.29) is 11.0 Å². The van der Waals surface area contributed by atoms with E-state index in [0.717, 1.165) is 23.5 Å². The Morgan fingerprint density at radius 1 is 1.10 bits per heavy atom. The number of hydrogen-bond donors (Lipinski definition) is 1. The molecule has 114 valence electrons. The van der Waals surface area contributed by atoms with Crippen LogP contribution in [-0.4, -0.2) is 4.98 Å². The zero-order valence-corrected chi connectivity index (χ0v) is 14.6. The van der Waals surface area contributed by atoms with E-state index in [9.17, 15) is 0 Å². The Morgan fingerprint density at radius 2 is 1.71 bits per heavy atom. The van der Waals surface area contributed by atoms with Crippen molar-refractivity contribution in [1.82, 2.24) is 4.98 Å². The third kappa shape index (κ3) is 3.92. The molecular weight excluding hydrogens is 276 g/mol. The molecule has 1 heterocycles. The fourth-order valence-electron chi connectivity index (χ4n) is 2.27. The van der Waals surface area contributed by atoms with Gasteiger partial charge in [0.15, 0.2) is 0 Å². The predicted molar refractivity (Wildman–Crippen MR) is 91.9 cm³/mol. The van der Waals surface area contributed by atoms with Crippen molar-refractivity contribution < 1.29 is 0 Å². The highest BCUT2D eigenvalue weighted by molar-refractivity contribution is 7.09. The summed E-state index contributed by atoms with van der Waals surface area (Å²) in [7, 11) is 0. The molecule has 1 aromatic carbocycles. The van der Waals surface area contributed by atoms with Crippen molar-refractivity contribution in [2.24, 2.45) is 5.73 Å². The minimum absolute atomic E-state index is 0.0997. The third-order valence-electron chi connectivity index (χ3n) is 3.86. The smallest absolute Gasteiger partial charge is 0.0950 e. The minimum atomic E-state index is -0.376. The zero-order valence-electron chi connectivity index (χ0n) is 13.7. The maximum absolute atomic E-state index is 6.55. The van der Waals surface area contributed by atoms with Gasteiger partial charge in [-0.3, -0.25) is 0 Å². The van der Waals surface area contributed by atoms with E-state index in [0.29, 0.717) is 0 Å². The maximum Gasteiger partial charge on any atom is 0.0950 e. The van der Waals surface area contributed by atoms with E-state index in [4.69, 9.17) is 10.7 Å². The molecule has 0 radical (unpaired) electrons. The van der Waals surface area contributed by atoms with E-state index in [1.54, 1.807) is 11.3 Å². The molecule has 2 N–H and O–H groups in total. The average molecular weight is 302 g/mol. The summed E-state index contributed by atoms with van der Waals surface area (Å²) in [6.07, 6.45) is 1.84. The molecule has 21 heavy (non-hydrogen) atoms. The number of aryl methyl sites for hydroxylation is 1. The van der Waals surface area contributed by atoms with Crippen molar-refractivity contribution in [3.8, 4) is 0 Å². The van der Waals surface area contributed by atoms with Crippen LogP contribution in [0.3, 0.4) is 0 Å². The first kappa shape index (κ1) is 16.2. The van der Waals surface area contributed by atoms with E-state index in [1.165, 1.54) is 11.1 Å². The van der Waals surface area contributed by atoms with E-state index < -0.39 is 0 Å². The van der Waals surface area contributed by atoms with Gasteiger partial charge in [-0.2, -0.15) is 0 Å². The van der Waals surface area contributed by atoms with Gasteiger partial charge in [0.1, 0.15) is 0 Å². The summed E-state index contributed by atoms with van der Waals surface area (Å²) in [5.41, 5.74) is 9.94. The predicted octanol–water partition coefficient (Wildman–Crippen LogP) is 4.42. The average Bonchev–Trinajstić information content (AvgIpc) is 2.86. The number of hydrogen-bond acceptors (Lipinski definition) is 3. The molecule has 0 fully saturated rings. The SMILES string of the molecule is CCc1ccc(C(C)(N)Cc2nc(C(C)(C)C)cs2)cc1. The molecule has 0 saturated heterocycles. The van der Waals surface area contributed by atoms with Crippen LogP contribution in [0.15, 0.2) is 29.6 Å². The molecule has 2 aromatic rings. The molecule has 1 aromatic heterocycles. The van der Waals surface area contributed by atoms with Crippen molar-refractivity contribution in [2.45, 2.75) is 58.4 Å². The summed E-state index contributed by atoms with van der Waals surface area (Å²) in [6, 6.07) is 8.64. The van der Waals surface area contributed by atoms with Crippen LogP contribution >= 0.6 is 11.3 Å². The molecule has 3 heteroatoms. The van der Waals surface area contributed by atoms with Crippen LogP contribution in [0.5, 0.6) is 0 Å². The molecule has 0 saturated carbocycles. The lowest BCUT2D eigenvalue weighted by atomic mass is 9.89. The highest BCUT2D eigenvalue weighted by Crippen LogP contribution is 2.28. The summed E-state index contributed by atoms with van der Waals surface area (Å²) in [6.45, 7) is 10.8. The zero-order chi connectivity index (χ0) is 15.7. The Morgan fingerprint density at radius 3 is 2.19 bits per heavy atom. The first-order chi connectivity index (χ1) is 9.72. The van der Waals surface area contributed by atoms with Crippen LogP contribution in [0.4, 0.5) is 0 Å². The second kappa shape index (κ2) is 5.90. The van der Waals surface area contributed by atoms with Crippen LogP contribution in [0, 0.1) is 0 Å². The number of nitrogens with two attached hydrogens (primary N) is 1. The Kier molecular flexibility index (Phi) is 4.54. The number of rotatable bonds is 4. The maximum atomic E-state index is 6.55. The second-order valence-electron chi connectivity index (χ2n) is 7.02. The van der Waals surface area contributed by atoms with Crippen molar-refractivity contribution in [1.29, 1.82) is 0 Å². The summed E-state index contributed by atoms with van der Waals surface area (Å²) in [5.74, 6) is 0. The molecule has 1 unspecified atom stereocenters. The molecular formula is C18H26N2S. The van der Waals surface area contributed by atoms with Crippen molar-refractivity contribution in [3.05, 3.63) is 51.5 Å². The van der Waals surface area contributed by atoms with Gasteiger partial charge in [0, 0.05) is 22.8 Å². The monoisotopic (exact) mass is 302 g/mol. The van der Waals surface area contributed by atoms with E-state index >= 15 is 0 Å². The fourth-order valence-corrected chi connectivity index (χ4v) is 3.46.